The van der Waals surface area contributed by atoms with Gasteiger partial charge in [0.25, 0.3) is 0 Å². The van der Waals surface area contributed by atoms with Crippen LogP contribution < -0.4 is 25.4 Å². The van der Waals surface area contributed by atoms with Crippen molar-refractivity contribution in [1.82, 2.24) is 10.2 Å². The van der Waals surface area contributed by atoms with E-state index in [1.54, 1.807) is 0 Å². The van der Waals surface area contributed by atoms with Crippen LogP contribution in [-0.4, -0.2) is 104 Å². The van der Waals surface area contributed by atoms with Gasteiger partial charge >= 0.3 is 26.2 Å². The minimum Gasteiger partial charge on any atom is -0.550 e. The Morgan fingerprint density at radius 1 is 0.972 bits per heavy atom. The van der Waals surface area contributed by atoms with Crippen molar-refractivity contribution in [3.8, 4) is 5.75 Å². The molecule has 0 saturated carbocycles. The number of carbonyl (C=O) groups is 4. The Balaban J connectivity index is 0.000000758. The SMILES string of the molecule is O=C(CO)NCCCOc1ccc(CN2CCCCC2)cc1.O=C([O-])CC(O)(CC(=O)[O-])C(=O)[O-].[Bi+3]. The van der Waals surface area contributed by atoms with Crippen LogP contribution in [0.25, 0.3) is 0 Å². The number of ether oxygens (including phenoxy) is 1. The smallest absolute Gasteiger partial charge is 0.550 e. The van der Waals surface area contributed by atoms with E-state index in [0.717, 1.165) is 18.7 Å². The first kappa shape index (κ1) is 33.7. The predicted octanol–water partition coefficient (Wildman–Crippen LogP) is -4.08. The number of rotatable bonds is 13. The van der Waals surface area contributed by atoms with Gasteiger partial charge < -0.3 is 50.0 Å². The third kappa shape index (κ3) is 14.3. The van der Waals surface area contributed by atoms with Crippen molar-refractivity contribution in [2.75, 3.05) is 32.8 Å². The van der Waals surface area contributed by atoms with E-state index in [0.29, 0.717) is 13.2 Å². The van der Waals surface area contributed by atoms with Crippen molar-refractivity contribution in [2.45, 2.75) is 50.7 Å². The minimum absolute atomic E-state index is 0. The summed E-state index contributed by atoms with van der Waals surface area (Å²) in [6.07, 6.45) is 2.00. The molecule has 1 aliphatic rings. The van der Waals surface area contributed by atoms with Crippen LogP contribution in [0.2, 0.25) is 0 Å². The van der Waals surface area contributed by atoms with E-state index in [2.05, 4.69) is 22.3 Å². The summed E-state index contributed by atoms with van der Waals surface area (Å²) in [5.41, 5.74) is -1.65. The molecule has 1 fully saturated rings. The Bertz CT molecular complexity index is 813. The van der Waals surface area contributed by atoms with Gasteiger partial charge in [-0.05, 0) is 50.0 Å². The second-order valence-corrected chi connectivity index (χ2v) is 8.11. The van der Waals surface area contributed by atoms with Crippen LogP contribution in [-0.2, 0) is 25.7 Å². The zero-order valence-electron chi connectivity index (χ0n) is 19.8. The van der Waals surface area contributed by atoms with Gasteiger partial charge in [0.2, 0.25) is 5.91 Å². The van der Waals surface area contributed by atoms with E-state index in [1.807, 2.05) is 12.1 Å². The van der Waals surface area contributed by atoms with Crippen LogP contribution in [0, 0.1) is 0 Å². The molecule has 0 spiro atoms. The standard InChI is InChI=1S/C17H26N2O3.C6H8O7.Bi/c20-14-17(21)18-9-4-12-22-16-7-5-15(6-8-16)13-19-10-2-1-3-11-19;7-3(8)1-6(13,5(11)12)2-4(9)10;/h5-8,20H,1-4,9-14H2,(H,18,21);13H,1-2H2,(H,7,8)(H,9,10)(H,11,12);/q;;+3/p-3. The second kappa shape index (κ2) is 18.0. The molecule has 1 aliphatic heterocycles. The molecule has 0 atom stereocenters. The Morgan fingerprint density at radius 3 is 2.00 bits per heavy atom. The average Bonchev–Trinajstić information content (AvgIpc) is 2.79. The number of amides is 1. The van der Waals surface area contributed by atoms with Crippen molar-refractivity contribution in [3.05, 3.63) is 29.8 Å². The van der Waals surface area contributed by atoms with Crippen LogP contribution in [0.4, 0.5) is 0 Å². The van der Waals surface area contributed by atoms with Gasteiger partial charge in [-0.15, -0.1) is 0 Å². The van der Waals surface area contributed by atoms with Gasteiger partial charge in [-0.3, -0.25) is 9.69 Å². The van der Waals surface area contributed by atoms with E-state index >= 15 is 0 Å². The van der Waals surface area contributed by atoms with Gasteiger partial charge in [-0.25, -0.2) is 0 Å². The van der Waals surface area contributed by atoms with Crippen LogP contribution in [0.3, 0.4) is 0 Å². The molecule has 1 aromatic rings. The van der Waals surface area contributed by atoms with Crippen molar-refractivity contribution < 1.29 is 49.4 Å². The van der Waals surface area contributed by atoms with Gasteiger partial charge in [-0.1, -0.05) is 18.6 Å². The zero-order valence-corrected chi connectivity index (χ0v) is 23.3. The summed E-state index contributed by atoms with van der Waals surface area (Å²) in [5, 5.41) is 50.1. The number of nitrogens with one attached hydrogen (secondary N) is 1. The molecule has 1 heterocycles. The normalized spacial score (nSPS) is 13.4. The number of carboxylic acid groups (broad SMARTS) is 3. The summed E-state index contributed by atoms with van der Waals surface area (Å²) < 4.78 is 5.64. The van der Waals surface area contributed by atoms with Crippen molar-refractivity contribution in [3.63, 3.8) is 0 Å². The number of hydrogen-bond acceptors (Lipinski definition) is 11. The summed E-state index contributed by atoms with van der Waals surface area (Å²) in [7, 11) is 0. The Kier molecular flexibility index (Phi) is 16.8. The van der Waals surface area contributed by atoms with Gasteiger partial charge in [0.15, 0.2) is 0 Å². The molecule has 0 aromatic heterocycles. The number of aliphatic carboxylic acids is 3. The zero-order chi connectivity index (χ0) is 26.3. The topological polar surface area (TPSA) is 202 Å². The molecule has 0 aliphatic carbocycles. The summed E-state index contributed by atoms with van der Waals surface area (Å²) >= 11 is 0. The van der Waals surface area contributed by atoms with Crippen molar-refractivity contribution in [1.29, 1.82) is 0 Å². The van der Waals surface area contributed by atoms with Crippen LogP contribution >= 0.6 is 0 Å². The summed E-state index contributed by atoms with van der Waals surface area (Å²) in [4.78, 5) is 43.3. The summed E-state index contributed by atoms with van der Waals surface area (Å²) in [5.74, 6) is -5.47. The van der Waals surface area contributed by atoms with Crippen LogP contribution in [0.5, 0.6) is 5.75 Å². The molecule has 3 N–H and O–H groups in total. The number of piperidine rings is 1. The molecule has 0 bridgehead atoms. The molecule has 198 valence electrons. The first-order valence-corrected chi connectivity index (χ1v) is 11.2. The van der Waals surface area contributed by atoms with E-state index in [4.69, 9.17) is 14.9 Å². The largest absolute Gasteiger partial charge is 3.00 e. The Labute approximate surface area is 228 Å². The number of nitrogens with zero attached hydrogens (tertiary/aromatic N) is 1. The Morgan fingerprint density at radius 2 is 1.53 bits per heavy atom. The first-order chi connectivity index (χ1) is 16.6. The maximum atomic E-state index is 10.8. The van der Waals surface area contributed by atoms with Crippen molar-refractivity contribution >= 4 is 50.0 Å². The molecule has 1 saturated heterocycles. The summed E-state index contributed by atoms with van der Waals surface area (Å²) in [6.45, 7) is 4.05. The number of hydrogen-bond donors (Lipinski definition) is 3. The molecule has 13 heteroatoms. The molecule has 1 aromatic carbocycles. The average molecular weight is 704 g/mol. The fourth-order valence-electron chi connectivity index (χ4n) is 3.30. The number of carboxylic acids is 3. The molecule has 2 rings (SSSR count). The van der Waals surface area contributed by atoms with Crippen LogP contribution in [0.1, 0.15) is 44.1 Å². The molecule has 12 nitrogen and oxygen atoms in total. The molecule has 0 unspecified atom stereocenters. The molecular formula is C23H31BiN2O10. The number of benzene rings is 1. The Hall–Kier alpha value is -2.34. The minimum atomic E-state index is -2.97. The third-order valence-corrected chi connectivity index (χ3v) is 5.09. The fourth-order valence-corrected chi connectivity index (χ4v) is 3.30. The maximum absolute atomic E-state index is 10.8. The maximum Gasteiger partial charge on any atom is 3.00 e. The molecule has 1 amide bonds. The molecule has 36 heavy (non-hydrogen) atoms. The van der Waals surface area contributed by atoms with E-state index in [9.17, 15) is 34.5 Å². The first-order valence-electron chi connectivity index (χ1n) is 11.2. The monoisotopic (exact) mass is 704 g/mol. The number of likely N-dealkylation sites (tertiary alicyclic amines) is 1. The van der Waals surface area contributed by atoms with Crippen LogP contribution in [0.15, 0.2) is 24.3 Å². The van der Waals surface area contributed by atoms with E-state index in [1.165, 1.54) is 37.9 Å². The van der Waals surface area contributed by atoms with Crippen molar-refractivity contribution in [2.24, 2.45) is 0 Å². The van der Waals surface area contributed by atoms with Gasteiger partial charge in [0.1, 0.15) is 18.0 Å². The number of aliphatic hydroxyl groups excluding tert-OH is 1. The van der Waals surface area contributed by atoms with Gasteiger partial charge in [0, 0.05) is 37.9 Å². The summed E-state index contributed by atoms with van der Waals surface area (Å²) in [6, 6.07) is 8.26. The predicted molar refractivity (Wildman–Crippen MR) is 121 cm³/mol. The quantitative estimate of drug-likeness (QED) is 0.133. The van der Waals surface area contributed by atoms with E-state index in [-0.39, 0.29) is 32.1 Å². The van der Waals surface area contributed by atoms with E-state index < -0.39 is 43.0 Å². The molecule has 2 radical (unpaired) electrons. The third-order valence-electron chi connectivity index (χ3n) is 5.09. The second-order valence-electron chi connectivity index (χ2n) is 8.11. The van der Waals surface area contributed by atoms with Gasteiger partial charge in [-0.2, -0.15) is 0 Å². The fraction of sp³-hybridized carbons (Fsp3) is 0.565. The van der Waals surface area contributed by atoms with Gasteiger partial charge in [0.05, 0.1) is 12.6 Å². The molecular weight excluding hydrogens is 673 g/mol. The number of aliphatic hydroxyl groups is 2. The number of carbonyl (C=O) groups excluding carboxylic acids is 4.